The zero-order valence-electron chi connectivity index (χ0n) is 12.1. The number of hydrogen-bond acceptors (Lipinski definition) is 6. The molecule has 0 bridgehead atoms. The molecule has 1 N–H and O–H groups in total. The fourth-order valence-electron chi connectivity index (χ4n) is 2.59. The second-order valence-electron chi connectivity index (χ2n) is 4.91. The van der Waals surface area contributed by atoms with Gasteiger partial charge in [0, 0.05) is 26.2 Å². The van der Waals surface area contributed by atoms with Crippen molar-refractivity contribution in [2.45, 2.75) is 31.7 Å². The predicted octanol–water partition coefficient (Wildman–Crippen LogP) is 0.568. The maximum atomic E-state index is 11.8. The van der Waals surface area contributed by atoms with Gasteiger partial charge in [-0.05, 0) is 32.4 Å². The molecule has 0 amide bonds. The first-order valence-electron chi connectivity index (χ1n) is 6.99. The Morgan fingerprint density at radius 2 is 2.15 bits per heavy atom. The van der Waals surface area contributed by atoms with E-state index in [-0.39, 0.29) is 0 Å². The molecule has 112 valence electrons. The number of nitrogens with zero attached hydrogens (tertiary/aromatic N) is 3. The summed E-state index contributed by atoms with van der Waals surface area (Å²) in [6, 6.07) is 0. The van der Waals surface area contributed by atoms with Crippen LogP contribution in [-0.4, -0.2) is 54.9 Å². The number of piperidine rings is 1. The van der Waals surface area contributed by atoms with Gasteiger partial charge >= 0.3 is 5.97 Å². The number of nitrogens with one attached hydrogen (secondary N) is 1. The molecule has 1 aliphatic rings. The van der Waals surface area contributed by atoms with Gasteiger partial charge in [0.25, 0.3) is 0 Å². The Balaban J connectivity index is 2.21. The van der Waals surface area contributed by atoms with E-state index in [1.54, 1.807) is 7.11 Å². The van der Waals surface area contributed by atoms with Crippen molar-refractivity contribution in [1.82, 2.24) is 20.3 Å². The predicted molar refractivity (Wildman–Crippen MR) is 72.7 cm³/mol. The Morgan fingerprint density at radius 3 is 2.80 bits per heavy atom. The first-order chi connectivity index (χ1) is 9.77. The monoisotopic (exact) mass is 282 g/mol. The van der Waals surface area contributed by atoms with Crippen LogP contribution in [0.15, 0.2) is 0 Å². The van der Waals surface area contributed by atoms with Crippen LogP contribution in [0.4, 0.5) is 0 Å². The highest BCUT2D eigenvalue weighted by molar-refractivity contribution is 5.88. The molecule has 0 atom stereocenters. The smallest absolute Gasteiger partial charge is 0.360 e. The maximum Gasteiger partial charge on any atom is 0.360 e. The van der Waals surface area contributed by atoms with Crippen LogP contribution in [0, 0.1) is 0 Å². The minimum Gasteiger partial charge on any atom is -0.464 e. The third kappa shape index (κ3) is 3.34. The molecule has 7 heteroatoms. The zero-order chi connectivity index (χ0) is 14.4. The Morgan fingerprint density at radius 1 is 1.40 bits per heavy atom. The summed E-state index contributed by atoms with van der Waals surface area (Å²) in [6.07, 6.45) is 2.82. The van der Waals surface area contributed by atoms with Crippen molar-refractivity contribution < 1.29 is 14.3 Å². The standard InChI is InChI=1S/C13H22N4O3/c1-19-9-3-8-17-12(10-4-6-14-7-5-10)11(15-16-17)13(18)20-2/h10,14H,3-9H2,1-2H3. The van der Waals surface area contributed by atoms with Crippen LogP contribution < -0.4 is 5.32 Å². The van der Waals surface area contributed by atoms with Crippen LogP contribution >= 0.6 is 0 Å². The Hall–Kier alpha value is -1.47. The van der Waals surface area contributed by atoms with Crippen LogP contribution in [0.25, 0.3) is 0 Å². The molecule has 7 nitrogen and oxygen atoms in total. The van der Waals surface area contributed by atoms with Crippen molar-refractivity contribution in [3.8, 4) is 0 Å². The van der Waals surface area contributed by atoms with Gasteiger partial charge in [-0.15, -0.1) is 5.10 Å². The average Bonchev–Trinajstić information content (AvgIpc) is 2.91. The van der Waals surface area contributed by atoms with E-state index in [4.69, 9.17) is 9.47 Å². The third-order valence-corrected chi connectivity index (χ3v) is 3.60. The quantitative estimate of drug-likeness (QED) is 0.607. The van der Waals surface area contributed by atoms with Crippen molar-refractivity contribution in [2.75, 3.05) is 33.9 Å². The van der Waals surface area contributed by atoms with Crippen LogP contribution in [-0.2, 0) is 16.0 Å². The lowest BCUT2D eigenvalue weighted by molar-refractivity contribution is 0.0591. The van der Waals surface area contributed by atoms with E-state index in [1.807, 2.05) is 4.68 Å². The number of aryl methyl sites for hydroxylation is 1. The van der Waals surface area contributed by atoms with Crippen LogP contribution in [0.2, 0.25) is 0 Å². The van der Waals surface area contributed by atoms with Gasteiger partial charge in [0.05, 0.1) is 12.8 Å². The summed E-state index contributed by atoms with van der Waals surface area (Å²) in [4.78, 5) is 11.8. The molecule has 0 aliphatic carbocycles. The molecule has 1 aromatic rings. The first-order valence-corrected chi connectivity index (χ1v) is 6.99. The fourth-order valence-corrected chi connectivity index (χ4v) is 2.59. The van der Waals surface area contributed by atoms with Gasteiger partial charge in [-0.1, -0.05) is 5.21 Å². The molecular formula is C13H22N4O3. The van der Waals surface area contributed by atoms with Crippen molar-refractivity contribution in [3.05, 3.63) is 11.4 Å². The van der Waals surface area contributed by atoms with E-state index in [9.17, 15) is 4.79 Å². The second-order valence-corrected chi connectivity index (χ2v) is 4.91. The van der Waals surface area contributed by atoms with E-state index in [1.165, 1.54) is 7.11 Å². The van der Waals surface area contributed by atoms with Gasteiger partial charge in [-0.2, -0.15) is 0 Å². The Kier molecular flexibility index (Phi) is 5.49. The molecule has 1 aliphatic heterocycles. The molecule has 0 radical (unpaired) electrons. The highest BCUT2D eigenvalue weighted by atomic mass is 16.5. The number of rotatable bonds is 6. The molecule has 1 saturated heterocycles. The van der Waals surface area contributed by atoms with Gasteiger partial charge in [0.15, 0.2) is 5.69 Å². The summed E-state index contributed by atoms with van der Waals surface area (Å²) < 4.78 is 11.7. The lowest BCUT2D eigenvalue weighted by atomic mass is 9.93. The number of hydrogen-bond donors (Lipinski definition) is 1. The maximum absolute atomic E-state index is 11.8. The van der Waals surface area contributed by atoms with E-state index < -0.39 is 5.97 Å². The molecule has 1 aromatic heterocycles. The molecule has 0 unspecified atom stereocenters. The number of ether oxygens (including phenoxy) is 2. The van der Waals surface area contributed by atoms with Gasteiger partial charge in [-0.3, -0.25) is 0 Å². The van der Waals surface area contributed by atoms with Crippen LogP contribution in [0.5, 0.6) is 0 Å². The van der Waals surface area contributed by atoms with E-state index in [2.05, 4.69) is 15.6 Å². The molecule has 1 fully saturated rings. The zero-order valence-corrected chi connectivity index (χ0v) is 12.1. The van der Waals surface area contributed by atoms with Crippen molar-refractivity contribution in [1.29, 1.82) is 0 Å². The van der Waals surface area contributed by atoms with Crippen LogP contribution in [0.1, 0.15) is 41.4 Å². The summed E-state index contributed by atoms with van der Waals surface area (Å²) in [5.41, 5.74) is 1.27. The lowest BCUT2D eigenvalue weighted by Gasteiger charge is -2.23. The molecule has 20 heavy (non-hydrogen) atoms. The SMILES string of the molecule is COCCCn1nnc(C(=O)OC)c1C1CCNCC1. The minimum atomic E-state index is -0.406. The third-order valence-electron chi connectivity index (χ3n) is 3.60. The van der Waals surface area contributed by atoms with Crippen molar-refractivity contribution >= 4 is 5.97 Å². The summed E-state index contributed by atoms with van der Waals surface area (Å²) in [7, 11) is 3.05. The van der Waals surface area contributed by atoms with E-state index >= 15 is 0 Å². The fraction of sp³-hybridized carbons (Fsp3) is 0.769. The summed E-state index contributed by atoms with van der Waals surface area (Å²) in [6.45, 7) is 3.28. The molecule has 2 heterocycles. The summed E-state index contributed by atoms with van der Waals surface area (Å²) in [5, 5.41) is 11.5. The topological polar surface area (TPSA) is 78.3 Å². The lowest BCUT2D eigenvalue weighted by Crippen LogP contribution is -2.29. The summed E-state index contributed by atoms with van der Waals surface area (Å²) >= 11 is 0. The van der Waals surface area contributed by atoms with E-state index in [0.29, 0.717) is 24.8 Å². The second kappa shape index (κ2) is 7.35. The average molecular weight is 282 g/mol. The minimum absolute atomic E-state index is 0.308. The van der Waals surface area contributed by atoms with Crippen molar-refractivity contribution in [2.24, 2.45) is 0 Å². The summed E-state index contributed by atoms with van der Waals surface area (Å²) in [5.74, 6) is -0.0978. The largest absolute Gasteiger partial charge is 0.464 e. The number of esters is 1. The van der Waals surface area contributed by atoms with Crippen molar-refractivity contribution in [3.63, 3.8) is 0 Å². The van der Waals surface area contributed by atoms with Gasteiger partial charge < -0.3 is 14.8 Å². The highest BCUT2D eigenvalue weighted by Crippen LogP contribution is 2.27. The van der Waals surface area contributed by atoms with E-state index in [0.717, 1.165) is 38.0 Å². The van der Waals surface area contributed by atoms with Gasteiger partial charge in [-0.25, -0.2) is 9.48 Å². The van der Waals surface area contributed by atoms with Gasteiger partial charge in [0.2, 0.25) is 0 Å². The number of carbonyl (C=O) groups excluding carboxylic acids is 1. The first kappa shape index (κ1) is 14.9. The van der Waals surface area contributed by atoms with Gasteiger partial charge in [0.1, 0.15) is 0 Å². The molecule has 0 aromatic carbocycles. The molecular weight excluding hydrogens is 260 g/mol. The molecule has 0 saturated carbocycles. The molecule has 2 rings (SSSR count). The number of carbonyl (C=O) groups is 1. The number of methoxy groups -OCH3 is 2. The van der Waals surface area contributed by atoms with Crippen LogP contribution in [0.3, 0.4) is 0 Å². The normalized spacial score (nSPS) is 16.3. The Bertz CT molecular complexity index is 441. The molecule has 0 spiro atoms. The highest BCUT2D eigenvalue weighted by Gasteiger charge is 2.28. The Labute approximate surface area is 118 Å². The number of aromatic nitrogens is 3.